The number of nitrogens with one attached hydrogen (secondary N) is 1. The fourth-order valence-electron chi connectivity index (χ4n) is 3.22. The van der Waals surface area contributed by atoms with E-state index in [-0.39, 0.29) is 5.54 Å². The highest BCUT2D eigenvalue weighted by atomic mass is 16.5. The lowest BCUT2D eigenvalue weighted by atomic mass is 9.84. The van der Waals surface area contributed by atoms with E-state index in [1.165, 1.54) is 32.1 Å². The zero-order valence-electron chi connectivity index (χ0n) is 10.5. The topological polar surface area (TPSA) is 47.3 Å². The molecule has 1 heterocycles. The van der Waals surface area contributed by atoms with E-state index in [0.29, 0.717) is 12.1 Å². The standard InChI is InChI=1S/C13H26N2O/c1-11-9-13(10-14,7-8-16-11)15-12-5-3-2-4-6-12/h11-12,15H,2-10,14H2,1H3. The van der Waals surface area contributed by atoms with Gasteiger partial charge in [-0.3, -0.25) is 0 Å². The Morgan fingerprint density at radius 1 is 1.31 bits per heavy atom. The minimum absolute atomic E-state index is 0.152. The summed E-state index contributed by atoms with van der Waals surface area (Å²) in [5, 5.41) is 3.85. The molecule has 0 amide bonds. The van der Waals surface area contributed by atoms with Gasteiger partial charge in [-0.15, -0.1) is 0 Å². The summed E-state index contributed by atoms with van der Waals surface area (Å²) in [5.41, 5.74) is 6.15. The molecule has 1 saturated heterocycles. The van der Waals surface area contributed by atoms with Crippen LogP contribution in [0.1, 0.15) is 51.9 Å². The smallest absolute Gasteiger partial charge is 0.0565 e. The van der Waals surface area contributed by atoms with Crippen molar-refractivity contribution >= 4 is 0 Å². The Morgan fingerprint density at radius 3 is 2.69 bits per heavy atom. The van der Waals surface area contributed by atoms with Crippen LogP contribution in [0.5, 0.6) is 0 Å². The molecular formula is C13H26N2O. The Labute approximate surface area is 99.1 Å². The molecule has 2 rings (SSSR count). The Hall–Kier alpha value is -0.120. The molecule has 2 unspecified atom stereocenters. The quantitative estimate of drug-likeness (QED) is 0.771. The van der Waals surface area contributed by atoms with Crippen LogP contribution >= 0.6 is 0 Å². The highest BCUT2D eigenvalue weighted by Gasteiger charge is 2.36. The monoisotopic (exact) mass is 226 g/mol. The second-order valence-electron chi connectivity index (χ2n) is 5.60. The fourth-order valence-corrected chi connectivity index (χ4v) is 3.22. The van der Waals surface area contributed by atoms with Gasteiger partial charge in [0.05, 0.1) is 6.10 Å². The van der Waals surface area contributed by atoms with Crippen LogP contribution in [0.25, 0.3) is 0 Å². The highest BCUT2D eigenvalue weighted by Crippen LogP contribution is 2.27. The summed E-state index contributed by atoms with van der Waals surface area (Å²) in [6.07, 6.45) is 9.33. The average molecular weight is 226 g/mol. The predicted octanol–water partition coefficient (Wildman–Crippen LogP) is 1.81. The maximum Gasteiger partial charge on any atom is 0.0565 e. The van der Waals surface area contributed by atoms with Gasteiger partial charge < -0.3 is 15.8 Å². The van der Waals surface area contributed by atoms with Crippen LogP contribution in [-0.4, -0.2) is 30.8 Å². The molecule has 0 aromatic rings. The molecule has 1 aliphatic heterocycles. The van der Waals surface area contributed by atoms with Crippen molar-refractivity contribution in [1.82, 2.24) is 5.32 Å². The van der Waals surface area contributed by atoms with Gasteiger partial charge in [0, 0.05) is 24.7 Å². The Morgan fingerprint density at radius 2 is 2.06 bits per heavy atom. The molecule has 1 saturated carbocycles. The van der Waals surface area contributed by atoms with Gasteiger partial charge in [0.25, 0.3) is 0 Å². The van der Waals surface area contributed by atoms with Crippen LogP contribution in [0.4, 0.5) is 0 Å². The molecule has 2 atom stereocenters. The van der Waals surface area contributed by atoms with E-state index >= 15 is 0 Å². The number of ether oxygens (including phenoxy) is 1. The first-order valence-corrected chi connectivity index (χ1v) is 6.83. The molecule has 2 fully saturated rings. The van der Waals surface area contributed by atoms with Crippen molar-refractivity contribution in [3.63, 3.8) is 0 Å². The average Bonchev–Trinajstić information content (AvgIpc) is 2.30. The van der Waals surface area contributed by atoms with Gasteiger partial charge in [-0.25, -0.2) is 0 Å². The summed E-state index contributed by atoms with van der Waals surface area (Å²) < 4.78 is 5.63. The van der Waals surface area contributed by atoms with E-state index in [9.17, 15) is 0 Å². The molecule has 94 valence electrons. The SMILES string of the molecule is CC1CC(CN)(NC2CCCCC2)CCO1. The molecule has 0 aromatic carbocycles. The molecule has 16 heavy (non-hydrogen) atoms. The van der Waals surface area contributed by atoms with E-state index in [1.54, 1.807) is 0 Å². The second kappa shape index (κ2) is 5.48. The van der Waals surface area contributed by atoms with Crippen LogP contribution in [0, 0.1) is 0 Å². The van der Waals surface area contributed by atoms with Gasteiger partial charge in [0.1, 0.15) is 0 Å². The number of hydrogen-bond acceptors (Lipinski definition) is 3. The van der Waals surface area contributed by atoms with Crippen LogP contribution in [-0.2, 0) is 4.74 Å². The Balaban J connectivity index is 1.91. The van der Waals surface area contributed by atoms with Crippen LogP contribution in [0.3, 0.4) is 0 Å². The summed E-state index contributed by atoms with van der Waals surface area (Å²) in [4.78, 5) is 0. The minimum atomic E-state index is 0.152. The lowest BCUT2D eigenvalue weighted by Gasteiger charge is -2.43. The van der Waals surface area contributed by atoms with Crippen molar-refractivity contribution in [2.45, 2.75) is 69.6 Å². The van der Waals surface area contributed by atoms with E-state index in [4.69, 9.17) is 10.5 Å². The molecule has 3 nitrogen and oxygen atoms in total. The maximum atomic E-state index is 6.00. The molecular weight excluding hydrogens is 200 g/mol. The summed E-state index contributed by atoms with van der Waals surface area (Å²) in [7, 11) is 0. The first-order chi connectivity index (χ1) is 7.74. The third-order valence-corrected chi connectivity index (χ3v) is 4.17. The van der Waals surface area contributed by atoms with Gasteiger partial charge in [-0.05, 0) is 32.6 Å². The zero-order valence-corrected chi connectivity index (χ0v) is 10.5. The van der Waals surface area contributed by atoms with Crippen molar-refractivity contribution in [3.05, 3.63) is 0 Å². The van der Waals surface area contributed by atoms with E-state index in [1.807, 2.05) is 0 Å². The van der Waals surface area contributed by atoms with Gasteiger partial charge in [0.15, 0.2) is 0 Å². The van der Waals surface area contributed by atoms with Gasteiger partial charge in [0.2, 0.25) is 0 Å². The highest BCUT2D eigenvalue weighted by molar-refractivity contribution is 4.96. The second-order valence-corrected chi connectivity index (χ2v) is 5.60. The van der Waals surface area contributed by atoms with Crippen LogP contribution in [0.15, 0.2) is 0 Å². The van der Waals surface area contributed by atoms with Crippen molar-refractivity contribution < 1.29 is 4.74 Å². The summed E-state index contributed by atoms with van der Waals surface area (Å²) in [5.74, 6) is 0. The van der Waals surface area contributed by atoms with Crippen molar-refractivity contribution in [2.24, 2.45) is 5.73 Å². The maximum absolute atomic E-state index is 6.00. The van der Waals surface area contributed by atoms with E-state index in [2.05, 4.69) is 12.2 Å². The first kappa shape index (κ1) is 12.3. The molecule has 3 heteroatoms. The molecule has 1 aliphatic carbocycles. The molecule has 0 bridgehead atoms. The predicted molar refractivity (Wildman–Crippen MR) is 66.4 cm³/mol. The molecule has 3 N–H and O–H groups in total. The first-order valence-electron chi connectivity index (χ1n) is 6.83. The molecule has 0 aromatic heterocycles. The third kappa shape index (κ3) is 2.96. The summed E-state index contributed by atoms with van der Waals surface area (Å²) in [6.45, 7) is 3.77. The number of hydrogen-bond donors (Lipinski definition) is 2. The Kier molecular flexibility index (Phi) is 4.22. The van der Waals surface area contributed by atoms with E-state index < -0.39 is 0 Å². The number of rotatable bonds is 3. The minimum Gasteiger partial charge on any atom is -0.378 e. The number of nitrogens with two attached hydrogens (primary N) is 1. The van der Waals surface area contributed by atoms with Crippen molar-refractivity contribution in [2.75, 3.05) is 13.2 Å². The summed E-state index contributed by atoms with van der Waals surface area (Å²) >= 11 is 0. The van der Waals surface area contributed by atoms with Crippen molar-refractivity contribution in [1.29, 1.82) is 0 Å². The van der Waals surface area contributed by atoms with Crippen LogP contribution < -0.4 is 11.1 Å². The normalized spacial score (nSPS) is 37.5. The lowest BCUT2D eigenvalue weighted by Crippen LogP contribution is -2.59. The molecule has 0 spiro atoms. The van der Waals surface area contributed by atoms with Crippen LogP contribution in [0.2, 0.25) is 0 Å². The largest absolute Gasteiger partial charge is 0.378 e. The molecule has 2 aliphatic rings. The van der Waals surface area contributed by atoms with E-state index in [0.717, 1.165) is 26.0 Å². The summed E-state index contributed by atoms with van der Waals surface area (Å²) in [6, 6.07) is 0.697. The van der Waals surface area contributed by atoms with Gasteiger partial charge in [-0.2, -0.15) is 0 Å². The van der Waals surface area contributed by atoms with Crippen molar-refractivity contribution in [3.8, 4) is 0 Å². The Bertz CT molecular complexity index is 216. The van der Waals surface area contributed by atoms with Gasteiger partial charge >= 0.3 is 0 Å². The third-order valence-electron chi connectivity index (χ3n) is 4.17. The lowest BCUT2D eigenvalue weighted by molar-refractivity contribution is -0.0207. The molecule has 0 radical (unpaired) electrons. The zero-order chi connectivity index (χ0) is 11.4. The van der Waals surface area contributed by atoms with Gasteiger partial charge in [-0.1, -0.05) is 19.3 Å². The fraction of sp³-hybridized carbons (Fsp3) is 1.00.